The number of rotatable bonds is 5. The van der Waals surface area contributed by atoms with Gasteiger partial charge in [0, 0.05) is 0 Å². The van der Waals surface area contributed by atoms with Gasteiger partial charge in [-0.2, -0.15) is 0 Å². The highest BCUT2D eigenvalue weighted by molar-refractivity contribution is 6.81. The molecule has 20 heavy (non-hydrogen) atoms. The van der Waals surface area contributed by atoms with Gasteiger partial charge < -0.3 is 25.9 Å². The van der Waals surface area contributed by atoms with Crippen molar-refractivity contribution in [3.05, 3.63) is 0 Å². The summed E-state index contributed by atoms with van der Waals surface area (Å²) >= 11 is 0. The summed E-state index contributed by atoms with van der Waals surface area (Å²) in [5.41, 5.74) is 0.0128. The van der Waals surface area contributed by atoms with E-state index in [2.05, 4.69) is 26.6 Å². The Bertz CT molecular complexity index is 304. The van der Waals surface area contributed by atoms with Crippen molar-refractivity contribution in [3.8, 4) is 0 Å². The Balaban J connectivity index is 2.01. The van der Waals surface area contributed by atoms with Crippen molar-refractivity contribution >= 4 is 36.4 Å². The van der Waals surface area contributed by atoms with Crippen LogP contribution in [-0.4, -0.2) is 61.5 Å². The van der Waals surface area contributed by atoms with E-state index in [1.807, 2.05) is 6.55 Å². The Labute approximate surface area is 127 Å². The molecule has 0 saturated carbocycles. The van der Waals surface area contributed by atoms with Crippen LogP contribution in [0.4, 0.5) is 0 Å². The highest BCUT2D eigenvalue weighted by atomic mass is 28.5. The van der Waals surface area contributed by atoms with Crippen LogP contribution in [0.3, 0.4) is 0 Å². The summed E-state index contributed by atoms with van der Waals surface area (Å²) in [5, 5.41) is 0. The number of epoxide rings is 1. The van der Waals surface area contributed by atoms with Gasteiger partial charge >= 0.3 is 8.56 Å². The van der Waals surface area contributed by atoms with E-state index in [9.17, 15) is 0 Å². The average Bonchev–Trinajstić information content (AvgIpc) is 3.10. The molecule has 0 aliphatic carbocycles. The molecule has 0 amide bonds. The maximum atomic E-state index is 6.28. The lowest BCUT2D eigenvalue weighted by molar-refractivity contribution is 0.0588. The molecule has 2 heterocycles. The zero-order valence-corrected chi connectivity index (χ0v) is 17.4. The minimum Gasteiger partial charge on any atom is -0.420 e. The van der Waals surface area contributed by atoms with Crippen LogP contribution in [0, 0.1) is 0 Å². The van der Waals surface area contributed by atoms with Crippen LogP contribution in [0.2, 0.25) is 26.2 Å². The van der Waals surface area contributed by atoms with E-state index < -0.39 is 36.4 Å². The van der Waals surface area contributed by atoms with E-state index in [-0.39, 0.29) is 11.8 Å². The van der Waals surface area contributed by atoms with Gasteiger partial charge in [0.2, 0.25) is 0 Å². The summed E-state index contributed by atoms with van der Waals surface area (Å²) in [6.45, 7) is 11.8. The van der Waals surface area contributed by atoms with Gasteiger partial charge in [0.05, 0.1) is 18.9 Å². The van der Waals surface area contributed by atoms with Gasteiger partial charge in [0.15, 0.2) is 0 Å². The zero-order chi connectivity index (χ0) is 14.8. The largest absolute Gasteiger partial charge is 0.420 e. The normalized spacial score (nSPS) is 43.6. The third kappa shape index (κ3) is 4.83. The molecule has 0 aromatic carbocycles. The Morgan fingerprint density at radius 2 is 1.70 bits per heavy atom. The Morgan fingerprint density at radius 1 is 1.15 bits per heavy atom. The molecular weight excluding hydrogens is 328 g/mol. The van der Waals surface area contributed by atoms with Gasteiger partial charge in [-0.15, -0.1) is 0 Å². The lowest BCUT2D eigenvalue weighted by Gasteiger charge is -2.40. The molecule has 0 N–H and O–H groups in total. The lowest BCUT2D eigenvalue weighted by Crippen LogP contribution is -2.60. The summed E-state index contributed by atoms with van der Waals surface area (Å²) < 4.78 is 35.6. The van der Waals surface area contributed by atoms with Gasteiger partial charge in [0.1, 0.15) is 6.10 Å². The zero-order valence-electron chi connectivity index (χ0n) is 13.0. The third-order valence-corrected chi connectivity index (χ3v) is 17.7. The standard InChI is InChI=1S/C10H26O6Si4/c1-6-10(12-8-9-7-11-9)20(5)15-18(3)13-17(2)14-19(4)16-20/h9-10,17-19H,6-8H2,1-5H3. The fourth-order valence-corrected chi connectivity index (χ4v) is 17.4. The second kappa shape index (κ2) is 7.26. The van der Waals surface area contributed by atoms with Gasteiger partial charge in [-0.3, -0.25) is 0 Å². The molecule has 0 radical (unpaired) electrons. The molecule has 4 atom stereocenters. The first-order valence-electron chi connectivity index (χ1n) is 7.32. The minimum absolute atomic E-state index is 0.0128. The summed E-state index contributed by atoms with van der Waals surface area (Å²) in [6, 6.07) is 0. The molecule has 0 aromatic heterocycles. The van der Waals surface area contributed by atoms with E-state index in [0.29, 0.717) is 6.61 Å². The summed E-state index contributed by atoms with van der Waals surface area (Å²) in [5.74, 6) is 0. The van der Waals surface area contributed by atoms with Crippen LogP contribution in [-0.2, 0) is 25.9 Å². The fourth-order valence-electron chi connectivity index (χ4n) is 2.49. The highest BCUT2D eigenvalue weighted by Gasteiger charge is 2.46. The molecule has 4 unspecified atom stereocenters. The predicted molar refractivity (Wildman–Crippen MR) is 84.8 cm³/mol. The lowest BCUT2D eigenvalue weighted by atomic mass is 10.5. The van der Waals surface area contributed by atoms with Crippen molar-refractivity contribution < 1.29 is 25.9 Å². The Hall–Kier alpha value is 0.628. The molecular formula is C10H26O6Si4. The average molecular weight is 355 g/mol. The molecule has 10 heteroatoms. The van der Waals surface area contributed by atoms with Crippen LogP contribution in [0.25, 0.3) is 0 Å². The molecule has 0 bridgehead atoms. The van der Waals surface area contributed by atoms with Crippen LogP contribution < -0.4 is 0 Å². The molecule has 2 fully saturated rings. The van der Waals surface area contributed by atoms with Crippen LogP contribution >= 0.6 is 0 Å². The molecule has 2 rings (SSSR count). The second-order valence-corrected chi connectivity index (χ2v) is 15.6. The molecule has 2 saturated heterocycles. The van der Waals surface area contributed by atoms with Crippen molar-refractivity contribution in [2.24, 2.45) is 0 Å². The van der Waals surface area contributed by atoms with Gasteiger partial charge in [-0.1, -0.05) is 6.92 Å². The number of hydrogen-bond donors (Lipinski definition) is 0. The molecule has 118 valence electrons. The first kappa shape index (κ1) is 17.0. The van der Waals surface area contributed by atoms with Crippen molar-refractivity contribution in [1.29, 1.82) is 0 Å². The van der Waals surface area contributed by atoms with E-state index in [1.54, 1.807) is 0 Å². The van der Waals surface area contributed by atoms with Crippen LogP contribution in [0.15, 0.2) is 0 Å². The maximum Gasteiger partial charge on any atom is 0.346 e. The minimum atomic E-state index is -2.43. The van der Waals surface area contributed by atoms with E-state index in [4.69, 9.17) is 25.9 Å². The smallest absolute Gasteiger partial charge is 0.346 e. The molecule has 0 aromatic rings. The van der Waals surface area contributed by atoms with Crippen molar-refractivity contribution in [2.75, 3.05) is 13.2 Å². The van der Waals surface area contributed by atoms with Gasteiger partial charge in [-0.05, 0) is 32.6 Å². The second-order valence-electron chi connectivity index (χ2n) is 5.41. The maximum absolute atomic E-state index is 6.28. The van der Waals surface area contributed by atoms with E-state index in [1.165, 1.54) is 0 Å². The first-order chi connectivity index (χ1) is 9.43. The monoisotopic (exact) mass is 354 g/mol. The van der Waals surface area contributed by atoms with Crippen molar-refractivity contribution in [1.82, 2.24) is 0 Å². The Morgan fingerprint density at radius 3 is 2.15 bits per heavy atom. The van der Waals surface area contributed by atoms with Crippen molar-refractivity contribution in [2.45, 2.75) is 51.4 Å². The molecule has 0 spiro atoms. The topological polar surface area (TPSA) is 58.7 Å². The fraction of sp³-hybridized carbons (Fsp3) is 1.00. The summed E-state index contributed by atoms with van der Waals surface area (Å²) in [4.78, 5) is 0. The summed E-state index contributed by atoms with van der Waals surface area (Å²) in [7, 11) is -7.39. The van der Waals surface area contributed by atoms with Crippen molar-refractivity contribution in [3.63, 3.8) is 0 Å². The first-order valence-corrected chi connectivity index (χ1v) is 16.0. The highest BCUT2D eigenvalue weighted by Crippen LogP contribution is 2.24. The Kier molecular flexibility index (Phi) is 6.17. The molecule has 6 nitrogen and oxygen atoms in total. The van der Waals surface area contributed by atoms with E-state index >= 15 is 0 Å². The third-order valence-electron chi connectivity index (χ3n) is 3.41. The van der Waals surface area contributed by atoms with Crippen LogP contribution in [0.5, 0.6) is 0 Å². The SMILES string of the molecule is CCC(OCC1CO1)[Si]1(C)O[SiH](C)O[SiH](C)O[SiH](C)O1. The van der Waals surface area contributed by atoms with Gasteiger partial charge in [-0.25, -0.2) is 0 Å². The number of hydrogen-bond acceptors (Lipinski definition) is 6. The molecule has 2 aliphatic rings. The van der Waals surface area contributed by atoms with Gasteiger partial charge in [0.25, 0.3) is 27.9 Å². The number of ether oxygens (including phenoxy) is 2. The summed E-state index contributed by atoms with van der Waals surface area (Å²) in [6.07, 6.45) is 1.14. The van der Waals surface area contributed by atoms with Crippen LogP contribution in [0.1, 0.15) is 13.3 Å². The predicted octanol–water partition coefficient (Wildman–Crippen LogP) is 0.422. The quantitative estimate of drug-likeness (QED) is 0.527. The molecule has 2 aliphatic heterocycles. The van der Waals surface area contributed by atoms with E-state index in [0.717, 1.165) is 13.0 Å².